The van der Waals surface area contributed by atoms with Crippen molar-refractivity contribution in [2.45, 2.75) is 0 Å². The number of hydrogen-bond donors (Lipinski definition) is 0. The molecule has 0 N–H and O–H groups in total. The highest BCUT2D eigenvalue weighted by molar-refractivity contribution is 6.22. The average Bonchev–Trinajstić information content (AvgIpc) is 3.62. The van der Waals surface area contributed by atoms with Gasteiger partial charge in [0.2, 0.25) is 0 Å². The molecule has 0 aliphatic rings. The molecule has 11 rings (SSSR count). The molecule has 246 valence electrons. The van der Waals surface area contributed by atoms with Gasteiger partial charge in [-0.1, -0.05) is 152 Å². The Morgan fingerprint density at radius 3 is 1.81 bits per heavy atom. The minimum absolute atomic E-state index is 0.619. The molecular formula is C49H29N3O. The summed E-state index contributed by atoms with van der Waals surface area (Å²) >= 11 is 0. The molecule has 0 bridgehead atoms. The van der Waals surface area contributed by atoms with Gasteiger partial charge in [0.15, 0.2) is 17.5 Å². The first-order valence-electron chi connectivity index (χ1n) is 17.9. The predicted octanol–water partition coefficient (Wildman–Crippen LogP) is 13.1. The number of fused-ring (bicyclic) bond motifs is 9. The molecule has 0 radical (unpaired) electrons. The number of benzene rings is 9. The standard InChI is InChI=1S/C49H29N3O/c1-2-13-32(14-3-1)47-50-48(52-49(51-47)40-21-10-19-38-37(40)27-26-31-25-24-30-12-4-7-17-36(30)45(31)38)34-28-33-15-5-6-16-35(33)42(29-34)39-20-11-23-44-46(39)41-18-8-9-22-43(41)53-44/h1-29H. The number of hydrogen-bond acceptors (Lipinski definition) is 4. The van der Waals surface area contributed by atoms with Crippen molar-refractivity contribution in [3.8, 4) is 45.3 Å². The molecule has 0 saturated heterocycles. The smallest absolute Gasteiger partial charge is 0.164 e. The Morgan fingerprint density at radius 2 is 0.925 bits per heavy atom. The second-order valence-electron chi connectivity index (χ2n) is 13.5. The lowest BCUT2D eigenvalue weighted by Crippen LogP contribution is -2.01. The van der Waals surface area contributed by atoms with Crippen LogP contribution >= 0.6 is 0 Å². The Labute approximate surface area is 304 Å². The Kier molecular flexibility index (Phi) is 6.52. The largest absolute Gasteiger partial charge is 0.456 e. The van der Waals surface area contributed by atoms with Crippen molar-refractivity contribution in [1.82, 2.24) is 15.0 Å². The van der Waals surface area contributed by atoms with E-state index in [0.717, 1.165) is 65.9 Å². The summed E-state index contributed by atoms with van der Waals surface area (Å²) in [5.41, 5.74) is 6.77. The fourth-order valence-corrected chi connectivity index (χ4v) is 8.06. The second kappa shape index (κ2) is 11.7. The van der Waals surface area contributed by atoms with Crippen molar-refractivity contribution >= 4 is 65.0 Å². The maximum atomic E-state index is 6.32. The fraction of sp³-hybridized carbons (Fsp3) is 0. The van der Waals surface area contributed by atoms with Crippen molar-refractivity contribution in [2.24, 2.45) is 0 Å². The molecule has 0 unspecified atom stereocenters. The lowest BCUT2D eigenvalue weighted by atomic mass is 9.92. The van der Waals surface area contributed by atoms with E-state index < -0.39 is 0 Å². The van der Waals surface area contributed by atoms with Crippen molar-refractivity contribution in [3.63, 3.8) is 0 Å². The fourth-order valence-electron chi connectivity index (χ4n) is 8.06. The van der Waals surface area contributed by atoms with E-state index in [9.17, 15) is 0 Å². The molecule has 53 heavy (non-hydrogen) atoms. The lowest BCUT2D eigenvalue weighted by Gasteiger charge is -2.14. The van der Waals surface area contributed by atoms with Gasteiger partial charge < -0.3 is 4.42 Å². The number of furan rings is 1. The van der Waals surface area contributed by atoms with Crippen molar-refractivity contribution in [1.29, 1.82) is 0 Å². The molecule has 0 fully saturated rings. The molecule has 11 aromatic rings. The van der Waals surface area contributed by atoms with Crippen molar-refractivity contribution in [3.05, 3.63) is 176 Å². The van der Waals surface area contributed by atoms with Gasteiger partial charge in [0.05, 0.1) is 0 Å². The van der Waals surface area contributed by atoms with Crippen LogP contribution < -0.4 is 0 Å². The zero-order valence-electron chi connectivity index (χ0n) is 28.5. The number of rotatable bonds is 4. The SMILES string of the molecule is c1ccc(-c2nc(-c3cc(-c4cccc5oc6ccccc6c45)c4ccccc4c3)nc(-c3cccc4c3ccc3ccc5ccccc5c34)n2)cc1. The van der Waals surface area contributed by atoms with E-state index in [-0.39, 0.29) is 0 Å². The van der Waals surface area contributed by atoms with E-state index in [1.54, 1.807) is 0 Å². The van der Waals surface area contributed by atoms with Gasteiger partial charge in [-0.2, -0.15) is 0 Å². The number of aromatic nitrogens is 3. The first-order chi connectivity index (χ1) is 26.3. The summed E-state index contributed by atoms with van der Waals surface area (Å²) in [7, 11) is 0. The Hall–Kier alpha value is -7.17. The molecule has 4 heteroatoms. The molecule has 0 aliphatic heterocycles. The van der Waals surface area contributed by atoms with E-state index >= 15 is 0 Å². The van der Waals surface area contributed by atoms with E-state index in [2.05, 4.69) is 140 Å². The van der Waals surface area contributed by atoms with Crippen molar-refractivity contribution in [2.75, 3.05) is 0 Å². The molecule has 2 heterocycles. The van der Waals surface area contributed by atoms with Crippen LogP contribution in [0.15, 0.2) is 180 Å². The molecule has 9 aromatic carbocycles. The third-order valence-corrected chi connectivity index (χ3v) is 10.5. The van der Waals surface area contributed by atoms with Crippen LogP contribution in [-0.2, 0) is 0 Å². The summed E-state index contributed by atoms with van der Waals surface area (Å²) in [5, 5.41) is 11.6. The summed E-state index contributed by atoms with van der Waals surface area (Å²) in [5.74, 6) is 1.89. The van der Waals surface area contributed by atoms with Gasteiger partial charge in [-0.25, -0.2) is 15.0 Å². The highest BCUT2D eigenvalue weighted by Crippen LogP contribution is 2.42. The van der Waals surface area contributed by atoms with Gasteiger partial charge in [-0.3, -0.25) is 0 Å². The molecule has 0 saturated carbocycles. The Bertz CT molecular complexity index is 3240. The van der Waals surface area contributed by atoms with E-state index in [4.69, 9.17) is 19.4 Å². The summed E-state index contributed by atoms with van der Waals surface area (Å²) in [6.45, 7) is 0. The van der Waals surface area contributed by atoms with Gasteiger partial charge in [0, 0.05) is 27.5 Å². The highest BCUT2D eigenvalue weighted by Gasteiger charge is 2.19. The molecule has 4 nitrogen and oxygen atoms in total. The van der Waals surface area contributed by atoms with Crippen LogP contribution in [0.2, 0.25) is 0 Å². The van der Waals surface area contributed by atoms with Gasteiger partial charge in [-0.05, 0) is 78.5 Å². The number of para-hydroxylation sites is 1. The predicted molar refractivity (Wildman–Crippen MR) is 219 cm³/mol. The summed E-state index contributed by atoms with van der Waals surface area (Å²) in [4.78, 5) is 15.6. The van der Waals surface area contributed by atoms with Gasteiger partial charge >= 0.3 is 0 Å². The highest BCUT2D eigenvalue weighted by atomic mass is 16.3. The van der Waals surface area contributed by atoms with E-state index in [0.29, 0.717) is 17.5 Å². The number of nitrogens with zero attached hydrogens (tertiary/aromatic N) is 3. The Balaban J connectivity index is 1.18. The summed E-state index contributed by atoms with van der Waals surface area (Å²) < 4.78 is 6.32. The van der Waals surface area contributed by atoms with Crippen LogP contribution in [0, 0.1) is 0 Å². The quantitative estimate of drug-likeness (QED) is 0.174. The first kappa shape index (κ1) is 29.5. The normalized spacial score (nSPS) is 11.8. The first-order valence-corrected chi connectivity index (χ1v) is 17.9. The monoisotopic (exact) mass is 675 g/mol. The van der Waals surface area contributed by atoms with Crippen LogP contribution in [0.5, 0.6) is 0 Å². The second-order valence-corrected chi connectivity index (χ2v) is 13.5. The minimum atomic E-state index is 0.619. The van der Waals surface area contributed by atoms with E-state index in [1.165, 1.54) is 26.9 Å². The molecule has 0 aliphatic carbocycles. The summed E-state index contributed by atoms with van der Waals surface area (Å²) in [6.07, 6.45) is 0. The van der Waals surface area contributed by atoms with Crippen LogP contribution in [0.3, 0.4) is 0 Å². The zero-order chi connectivity index (χ0) is 34.9. The average molecular weight is 676 g/mol. The maximum absolute atomic E-state index is 6.32. The van der Waals surface area contributed by atoms with Gasteiger partial charge in [0.25, 0.3) is 0 Å². The maximum Gasteiger partial charge on any atom is 0.164 e. The minimum Gasteiger partial charge on any atom is -0.456 e. The van der Waals surface area contributed by atoms with Crippen LogP contribution in [-0.4, -0.2) is 15.0 Å². The van der Waals surface area contributed by atoms with Crippen LogP contribution in [0.1, 0.15) is 0 Å². The third kappa shape index (κ3) is 4.73. The molecular weight excluding hydrogens is 647 g/mol. The zero-order valence-corrected chi connectivity index (χ0v) is 28.5. The van der Waals surface area contributed by atoms with Crippen LogP contribution in [0.25, 0.3) is 110 Å². The van der Waals surface area contributed by atoms with Crippen molar-refractivity contribution < 1.29 is 4.42 Å². The van der Waals surface area contributed by atoms with Crippen LogP contribution in [0.4, 0.5) is 0 Å². The van der Waals surface area contributed by atoms with E-state index in [1.807, 2.05) is 36.4 Å². The Morgan fingerprint density at radius 1 is 0.302 bits per heavy atom. The molecule has 0 spiro atoms. The summed E-state index contributed by atoms with van der Waals surface area (Å²) in [6, 6.07) is 61.6. The lowest BCUT2D eigenvalue weighted by molar-refractivity contribution is 0.669. The topological polar surface area (TPSA) is 51.8 Å². The molecule has 2 aromatic heterocycles. The van der Waals surface area contributed by atoms with Gasteiger partial charge in [0.1, 0.15) is 11.2 Å². The molecule has 0 amide bonds. The molecule has 0 atom stereocenters. The van der Waals surface area contributed by atoms with Gasteiger partial charge in [-0.15, -0.1) is 0 Å². The third-order valence-electron chi connectivity index (χ3n) is 10.5.